The Labute approximate surface area is 176 Å². The Morgan fingerprint density at radius 3 is 2.63 bits per heavy atom. The summed E-state index contributed by atoms with van der Waals surface area (Å²) in [5.74, 6) is -0.899. The summed E-state index contributed by atoms with van der Waals surface area (Å²) >= 11 is 1.27. The highest BCUT2D eigenvalue weighted by Gasteiger charge is 2.23. The monoisotopic (exact) mass is 421 g/mol. The van der Waals surface area contributed by atoms with Gasteiger partial charge in [0, 0.05) is 18.9 Å². The van der Waals surface area contributed by atoms with Crippen LogP contribution in [0.2, 0.25) is 0 Å². The van der Waals surface area contributed by atoms with E-state index < -0.39 is 11.7 Å². The van der Waals surface area contributed by atoms with Crippen LogP contribution in [0.3, 0.4) is 0 Å². The maximum Gasteiger partial charge on any atom is 0.291 e. The van der Waals surface area contributed by atoms with E-state index in [4.69, 9.17) is 9.52 Å². The van der Waals surface area contributed by atoms with Crippen LogP contribution in [0.25, 0.3) is 21.3 Å². The fourth-order valence-corrected chi connectivity index (χ4v) is 4.10. The molecule has 0 aliphatic rings. The Hall–Kier alpha value is -3.23. The first-order chi connectivity index (χ1) is 14.5. The van der Waals surface area contributed by atoms with E-state index in [1.165, 1.54) is 18.3 Å². The van der Waals surface area contributed by atoms with Crippen LogP contribution in [-0.2, 0) is 11.2 Å². The molecule has 1 N–H and O–H groups in total. The molecular formula is C22H19N3O4S. The molecule has 0 aliphatic carbocycles. The van der Waals surface area contributed by atoms with Crippen LogP contribution in [0.15, 0.2) is 52.9 Å². The summed E-state index contributed by atoms with van der Waals surface area (Å²) in [5, 5.41) is 17.1. The van der Waals surface area contributed by atoms with Gasteiger partial charge in [0.1, 0.15) is 5.78 Å². The second-order valence-corrected chi connectivity index (χ2v) is 7.95. The van der Waals surface area contributed by atoms with Gasteiger partial charge < -0.3 is 9.52 Å². The predicted octanol–water partition coefficient (Wildman–Crippen LogP) is 3.71. The number of aliphatic hydroxyl groups is 1. The smallest absolute Gasteiger partial charge is 0.291 e. The minimum absolute atomic E-state index is 0.0736. The number of nitrogens with zero attached hydrogens (tertiary/aromatic N) is 3. The minimum atomic E-state index is -0.447. The number of hydrogen-bond donors (Lipinski definition) is 1. The molecule has 2 heterocycles. The van der Waals surface area contributed by atoms with Gasteiger partial charge >= 0.3 is 0 Å². The van der Waals surface area contributed by atoms with Crippen molar-refractivity contribution in [1.82, 2.24) is 15.2 Å². The molecule has 4 rings (SSSR count). The minimum Gasteiger partial charge on any atom is -0.418 e. The van der Waals surface area contributed by atoms with E-state index in [1.807, 2.05) is 48.5 Å². The van der Waals surface area contributed by atoms with Crippen molar-refractivity contribution in [3.05, 3.63) is 65.3 Å². The number of thiazole rings is 1. The molecule has 0 saturated heterocycles. The van der Waals surface area contributed by atoms with Crippen LogP contribution in [0, 0.1) is 5.92 Å². The molecule has 2 aromatic carbocycles. The highest BCUT2D eigenvalue weighted by molar-refractivity contribution is 7.20. The van der Waals surface area contributed by atoms with Crippen molar-refractivity contribution in [2.75, 3.05) is 6.61 Å². The molecule has 0 unspecified atom stereocenters. The van der Waals surface area contributed by atoms with E-state index in [0.717, 1.165) is 21.3 Å². The van der Waals surface area contributed by atoms with Crippen LogP contribution in [0.1, 0.15) is 34.9 Å². The van der Waals surface area contributed by atoms with Gasteiger partial charge in [0.2, 0.25) is 5.89 Å². The predicted molar refractivity (Wildman–Crippen MR) is 112 cm³/mol. The lowest BCUT2D eigenvalue weighted by Crippen LogP contribution is -2.15. The maximum absolute atomic E-state index is 12.8. The largest absolute Gasteiger partial charge is 0.418 e. The first-order valence-electron chi connectivity index (χ1n) is 9.49. The number of aliphatic hydroxyl groups excluding tert-OH is 1. The normalized spacial score (nSPS) is 12.2. The van der Waals surface area contributed by atoms with E-state index in [1.54, 1.807) is 0 Å². The Morgan fingerprint density at radius 1 is 1.10 bits per heavy atom. The number of benzene rings is 2. The summed E-state index contributed by atoms with van der Waals surface area (Å²) in [4.78, 5) is 28.8. The third kappa shape index (κ3) is 4.19. The number of aromatic nitrogens is 3. The second kappa shape index (κ2) is 8.64. The highest BCUT2D eigenvalue weighted by atomic mass is 32.1. The molecule has 0 fully saturated rings. The summed E-state index contributed by atoms with van der Waals surface area (Å²) in [5.41, 5.74) is 2.86. The summed E-state index contributed by atoms with van der Waals surface area (Å²) in [7, 11) is 0. The van der Waals surface area contributed by atoms with Gasteiger partial charge in [-0.25, -0.2) is 4.98 Å². The first kappa shape index (κ1) is 20.1. The van der Waals surface area contributed by atoms with Crippen molar-refractivity contribution in [1.29, 1.82) is 0 Å². The molecule has 7 nitrogen and oxygen atoms in total. The van der Waals surface area contributed by atoms with Gasteiger partial charge in [-0.3, -0.25) is 9.59 Å². The maximum atomic E-state index is 12.8. The number of ketones is 2. The fourth-order valence-electron chi connectivity index (χ4n) is 3.17. The van der Waals surface area contributed by atoms with Gasteiger partial charge in [0.05, 0.1) is 10.2 Å². The molecular weight excluding hydrogens is 402 g/mol. The fraction of sp³-hybridized carbons (Fsp3) is 0.227. The molecule has 0 saturated carbocycles. The number of carbonyl (C=O) groups excluding carboxylic acids is 2. The lowest BCUT2D eigenvalue weighted by atomic mass is 9.98. The van der Waals surface area contributed by atoms with Gasteiger partial charge in [-0.15, -0.1) is 21.5 Å². The van der Waals surface area contributed by atoms with E-state index in [2.05, 4.69) is 15.2 Å². The summed E-state index contributed by atoms with van der Waals surface area (Å²) in [6.45, 7) is 1.34. The average Bonchev–Trinajstić information content (AvgIpc) is 3.40. The van der Waals surface area contributed by atoms with Gasteiger partial charge in [-0.05, 0) is 36.6 Å². The molecule has 0 bridgehead atoms. The molecule has 152 valence electrons. The molecule has 1 atom stereocenters. The first-order valence-corrected chi connectivity index (χ1v) is 10.3. The Morgan fingerprint density at radius 2 is 1.90 bits per heavy atom. The summed E-state index contributed by atoms with van der Waals surface area (Å²) in [6, 6.07) is 15.8. The molecule has 4 aromatic rings. The van der Waals surface area contributed by atoms with Gasteiger partial charge in [0.15, 0.2) is 5.01 Å². The molecule has 2 aromatic heterocycles. The van der Waals surface area contributed by atoms with Crippen LogP contribution in [0.4, 0.5) is 0 Å². The Bertz CT molecular complexity index is 1200. The number of fused-ring (bicyclic) bond motifs is 1. The summed E-state index contributed by atoms with van der Waals surface area (Å²) < 4.78 is 6.36. The Kier molecular flexibility index (Phi) is 5.78. The van der Waals surface area contributed by atoms with Crippen LogP contribution < -0.4 is 0 Å². The number of hydrogen-bond acceptors (Lipinski definition) is 8. The SMILES string of the molecule is CC(=O)[C@@H](CCO)Cc1nnc(C(=O)c2nc3ccc(-c4ccccc4)cc3s2)o1. The van der Waals surface area contributed by atoms with Crippen LogP contribution >= 0.6 is 11.3 Å². The third-order valence-electron chi connectivity index (χ3n) is 4.82. The van der Waals surface area contributed by atoms with Gasteiger partial charge in [0.25, 0.3) is 11.7 Å². The van der Waals surface area contributed by atoms with E-state index in [0.29, 0.717) is 6.42 Å². The van der Waals surface area contributed by atoms with Crippen molar-refractivity contribution < 1.29 is 19.1 Å². The quantitative estimate of drug-likeness (QED) is 0.432. The third-order valence-corrected chi connectivity index (χ3v) is 5.84. The summed E-state index contributed by atoms with van der Waals surface area (Å²) in [6.07, 6.45) is 0.499. The lowest BCUT2D eigenvalue weighted by Gasteiger charge is -2.08. The van der Waals surface area contributed by atoms with Crippen LogP contribution in [0.5, 0.6) is 0 Å². The number of Topliss-reactive ketones (excluding diaryl/α,β-unsaturated/α-hetero) is 1. The van der Waals surface area contributed by atoms with Crippen molar-refractivity contribution in [2.24, 2.45) is 5.92 Å². The second-order valence-electron chi connectivity index (χ2n) is 6.92. The van der Waals surface area contributed by atoms with Crippen molar-refractivity contribution in [2.45, 2.75) is 19.8 Å². The topological polar surface area (TPSA) is 106 Å². The lowest BCUT2D eigenvalue weighted by molar-refractivity contribution is -0.121. The molecule has 0 spiro atoms. The van der Waals surface area contributed by atoms with Crippen molar-refractivity contribution >= 4 is 33.1 Å². The van der Waals surface area contributed by atoms with Gasteiger partial charge in [-0.1, -0.05) is 36.4 Å². The molecule has 0 amide bonds. The molecule has 0 aliphatic heterocycles. The molecule has 0 radical (unpaired) electrons. The number of rotatable bonds is 8. The van der Waals surface area contributed by atoms with E-state index >= 15 is 0 Å². The zero-order chi connectivity index (χ0) is 21.1. The highest BCUT2D eigenvalue weighted by Crippen LogP contribution is 2.29. The molecule has 8 heteroatoms. The van der Waals surface area contributed by atoms with E-state index in [-0.39, 0.29) is 35.6 Å². The Balaban J connectivity index is 1.56. The van der Waals surface area contributed by atoms with E-state index in [9.17, 15) is 9.59 Å². The van der Waals surface area contributed by atoms with Gasteiger partial charge in [-0.2, -0.15) is 0 Å². The zero-order valence-electron chi connectivity index (χ0n) is 16.2. The number of carbonyl (C=O) groups is 2. The average molecular weight is 421 g/mol. The van der Waals surface area contributed by atoms with Crippen LogP contribution in [-0.4, -0.2) is 38.5 Å². The molecule has 30 heavy (non-hydrogen) atoms. The van der Waals surface area contributed by atoms with Crippen molar-refractivity contribution in [3.8, 4) is 11.1 Å². The van der Waals surface area contributed by atoms with Crippen molar-refractivity contribution in [3.63, 3.8) is 0 Å². The standard InChI is InChI=1S/C22H19N3O4S/c1-13(27)15(9-10-26)12-19-24-25-21(29-19)20(28)22-23-17-8-7-16(11-18(17)30-22)14-5-3-2-4-6-14/h2-8,11,15,26H,9-10,12H2,1H3/t15-/m0/s1. The zero-order valence-corrected chi connectivity index (χ0v) is 17.1.